The lowest BCUT2D eigenvalue weighted by molar-refractivity contribution is -0.0383. The van der Waals surface area contributed by atoms with E-state index in [1.54, 1.807) is 0 Å². The van der Waals surface area contributed by atoms with Crippen molar-refractivity contribution in [3.8, 4) is 11.4 Å². The number of hydrogen-bond acceptors (Lipinski definition) is 8. The van der Waals surface area contributed by atoms with Crippen LogP contribution in [0.2, 0.25) is 0 Å². The molecule has 0 amide bonds. The van der Waals surface area contributed by atoms with Gasteiger partial charge in [0.05, 0.1) is 43.9 Å². The van der Waals surface area contributed by atoms with Gasteiger partial charge in [0.25, 0.3) is 0 Å². The predicted molar refractivity (Wildman–Crippen MR) is 135 cm³/mol. The van der Waals surface area contributed by atoms with E-state index in [0.29, 0.717) is 13.2 Å². The number of ether oxygens (including phenoxy) is 3. The largest absolute Gasteiger partial charge is 0.377 e. The van der Waals surface area contributed by atoms with Gasteiger partial charge in [0.2, 0.25) is 0 Å². The smallest absolute Gasteiger partial charge is 0.150 e. The van der Waals surface area contributed by atoms with Gasteiger partial charge in [-0.05, 0) is 45.2 Å². The third-order valence-corrected chi connectivity index (χ3v) is 7.37. The molecule has 35 heavy (non-hydrogen) atoms. The van der Waals surface area contributed by atoms with Gasteiger partial charge >= 0.3 is 0 Å². The average Bonchev–Trinajstić information content (AvgIpc) is 3.39. The Balaban J connectivity index is 1.52. The van der Waals surface area contributed by atoms with Crippen LogP contribution >= 0.6 is 0 Å². The lowest BCUT2D eigenvalue weighted by atomic mass is 10.1. The summed E-state index contributed by atoms with van der Waals surface area (Å²) < 4.78 is 19.5. The second-order valence-corrected chi connectivity index (χ2v) is 9.77. The van der Waals surface area contributed by atoms with E-state index in [1.807, 2.05) is 23.1 Å². The van der Waals surface area contributed by atoms with E-state index < -0.39 is 0 Å². The van der Waals surface area contributed by atoms with Crippen molar-refractivity contribution < 1.29 is 14.2 Å². The first-order valence-electron chi connectivity index (χ1n) is 12.8. The van der Waals surface area contributed by atoms with Gasteiger partial charge in [-0.15, -0.1) is 0 Å². The number of pyridine rings is 2. The van der Waals surface area contributed by atoms with Gasteiger partial charge in [-0.2, -0.15) is 5.10 Å². The molecule has 0 bridgehead atoms. The summed E-state index contributed by atoms with van der Waals surface area (Å²) in [7, 11) is 0. The molecule has 6 heterocycles. The van der Waals surface area contributed by atoms with Gasteiger partial charge in [0.1, 0.15) is 17.0 Å². The highest BCUT2D eigenvalue weighted by Crippen LogP contribution is 2.37. The summed E-state index contributed by atoms with van der Waals surface area (Å²) in [6.07, 6.45) is 6.87. The molecule has 3 fully saturated rings. The maximum atomic E-state index is 6.07. The summed E-state index contributed by atoms with van der Waals surface area (Å²) >= 11 is 0. The molecule has 6 rings (SSSR count). The Morgan fingerprint density at radius 2 is 1.71 bits per heavy atom. The van der Waals surface area contributed by atoms with Crippen LogP contribution in [0.1, 0.15) is 39.3 Å². The third-order valence-electron chi connectivity index (χ3n) is 7.37. The second kappa shape index (κ2) is 9.72. The molecule has 0 aliphatic carbocycles. The van der Waals surface area contributed by atoms with Crippen LogP contribution in [0.5, 0.6) is 0 Å². The summed E-state index contributed by atoms with van der Waals surface area (Å²) in [5, 5.41) is 5.74. The van der Waals surface area contributed by atoms with Crippen molar-refractivity contribution in [1.29, 1.82) is 0 Å². The highest BCUT2D eigenvalue weighted by atomic mass is 16.5. The highest BCUT2D eigenvalue weighted by molar-refractivity contribution is 6.00. The van der Waals surface area contributed by atoms with Gasteiger partial charge in [0, 0.05) is 49.6 Å². The molecule has 3 aliphatic rings. The number of nitrogens with zero attached hydrogens (tertiary/aromatic N) is 6. The van der Waals surface area contributed by atoms with Crippen molar-refractivity contribution in [2.45, 2.75) is 51.4 Å². The normalized spacial score (nSPS) is 25.8. The lowest BCUT2D eigenvalue weighted by Gasteiger charge is -2.38. The van der Waals surface area contributed by atoms with Gasteiger partial charge in [0.15, 0.2) is 6.23 Å². The van der Waals surface area contributed by atoms with Crippen molar-refractivity contribution in [3.05, 3.63) is 30.6 Å². The fraction of sp³-hybridized carbons (Fsp3) is 0.577. The third kappa shape index (κ3) is 4.26. The summed E-state index contributed by atoms with van der Waals surface area (Å²) in [5.41, 5.74) is 3.88. The minimum Gasteiger partial charge on any atom is -0.377 e. The van der Waals surface area contributed by atoms with Crippen LogP contribution in [0.15, 0.2) is 30.6 Å². The van der Waals surface area contributed by atoms with Crippen LogP contribution in [-0.4, -0.2) is 78.0 Å². The van der Waals surface area contributed by atoms with Gasteiger partial charge < -0.3 is 24.0 Å². The molecule has 0 radical (unpaired) electrons. The van der Waals surface area contributed by atoms with Gasteiger partial charge in [-0.25, -0.2) is 9.67 Å². The summed E-state index contributed by atoms with van der Waals surface area (Å²) in [6.45, 7) is 9.71. The fourth-order valence-corrected chi connectivity index (χ4v) is 5.49. The Kier molecular flexibility index (Phi) is 6.30. The topological polar surface area (TPSA) is 77.8 Å². The molecule has 3 aromatic rings. The van der Waals surface area contributed by atoms with Crippen molar-refractivity contribution in [2.75, 3.05) is 55.9 Å². The van der Waals surface area contributed by atoms with E-state index in [4.69, 9.17) is 24.2 Å². The number of rotatable bonds is 4. The Morgan fingerprint density at radius 3 is 2.46 bits per heavy atom. The van der Waals surface area contributed by atoms with E-state index >= 15 is 0 Å². The first-order chi connectivity index (χ1) is 17.2. The quantitative estimate of drug-likeness (QED) is 0.563. The summed E-state index contributed by atoms with van der Waals surface area (Å²) in [4.78, 5) is 14.9. The Morgan fingerprint density at radius 1 is 0.914 bits per heavy atom. The molecule has 0 saturated carbocycles. The SMILES string of the molecule is C[C@@H]1COCCN1c1cc(N2CCOC[C@H]2C)c2ccnc(-c3ccnn3C3CCCCO3)c2n1. The first kappa shape index (κ1) is 22.7. The standard InChI is InChI=1S/C26H34N6O3/c1-18-16-33-13-10-30(18)22-15-23(31-11-14-34-17-19(31)2)29-25-20(22)6-8-27-26(25)21-7-9-28-32(21)24-5-3-4-12-35-24/h6-9,15,18-19,24H,3-5,10-14,16-17H2,1-2H3/t18-,19-,24?/m1/s1. The Hall–Kier alpha value is -2.75. The van der Waals surface area contributed by atoms with Crippen molar-refractivity contribution in [1.82, 2.24) is 19.7 Å². The van der Waals surface area contributed by atoms with Crippen LogP contribution < -0.4 is 9.80 Å². The monoisotopic (exact) mass is 478 g/mol. The maximum absolute atomic E-state index is 6.07. The number of morpholine rings is 2. The molecule has 9 heteroatoms. The second-order valence-electron chi connectivity index (χ2n) is 9.77. The zero-order chi connectivity index (χ0) is 23.8. The maximum Gasteiger partial charge on any atom is 0.150 e. The van der Waals surface area contributed by atoms with E-state index in [2.05, 4.69) is 40.9 Å². The molecule has 9 nitrogen and oxygen atoms in total. The molecule has 3 atom stereocenters. The number of anilines is 2. The van der Waals surface area contributed by atoms with Crippen LogP contribution in [0.25, 0.3) is 22.3 Å². The van der Waals surface area contributed by atoms with Crippen molar-refractivity contribution >= 4 is 22.4 Å². The molecule has 3 aromatic heterocycles. The Labute approximate surface area is 206 Å². The molecule has 186 valence electrons. The van der Waals surface area contributed by atoms with Crippen LogP contribution in [-0.2, 0) is 14.2 Å². The molecule has 0 aromatic carbocycles. The van der Waals surface area contributed by atoms with E-state index in [0.717, 1.165) is 80.3 Å². The van der Waals surface area contributed by atoms with Crippen LogP contribution in [0.4, 0.5) is 11.5 Å². The van der Waals surface area contributed by atoms with Crippen LogP contribution in [0, 0.1) is 0 Å². The Bertz CT molecular complexity index is 1180. The van der Waals surface area contributed by atoms with E-state index in [9.17, 15) is 0 Å². The number of hydrogen-bond donors (Lipinski definition) is 0. The minimum atomic E-state index is -0.0630. The molecule has 0 N–H and O–H groups in total. The number of fused-ring (bicyclic) bond motifs is 1. The molecular weight excluding hydrogens is 444 g/mol. The fourth-order valence-electron chi connectivity index (χ4n) is 5.49. The molecular formula is C26H34N6O3. The molecule has 1 unspecified atom stereocenters. The zero-order valence-electron chi connectivity index (χ0n) is 20.6. The van der Waals surface area contributed by atoms with Crippen LogP contribution in [0.3, 0.4) is 0 Å². The minimum absolute atomic E-state index is 0.0630. The summed E-state index contributed by atoms with van der Waals surface area (Å²) in [5.74, 6) is 0.969. The summed E-state index contributed by atoms with van der Waals surface area (Å²) in [6, 6.07) is 6.90. The zero-order valence-corrected chi connectivity index (χ0v) is 20.6. The van der Waals surface area contributed by atoms with Gasteiger partial charge in [-0.3, -0.25) is 4.98 Å². The number of aromatic nitrogens is 4. The van der Waals surface area contributed by atoms with Crippen molar-refractivity contribution in [3.63, 3.8) is 0 Å². The average molecular weight is 479 g/mol. The lowest BCUT2D eigenvalue weighted by Crippen LogP contribution is -2.45. The first-order valence-corrected chi connectivity index (χ1v) is 12.8. The predicted octanol–water partition coefficient (Wildman–Crippen LogP) is 3.64. The molecule has 3 aliphatic heterocycles. The van der Waals surface area contributed by atoms with E-state index in [-0.39, 0.29) is 18.3 Å². The van der Waals surface area contributed by atoms with Crippen molar-refractivity contribution in [2.24, 2.45) is 0 Å². The van der Waals surface area contributed by atoms with Gasteiger partial charge in [-0.1, -0.05) is 0 Å². The van der Waals surface area contributed by atoms with E-state index in [1.165, 1.54) is 5.69 Å². The molecule has 0 spiro atoms. The highest BCUT2D eigenvalue weighted by Gasteiger charge is 2.28. The molecule has 3 saturated heterocycles.